The van der Waals surface area contributed by atoms with Crippen molar-refractivity contribution in [2.75, 3.05) is 6.54 Å². The molecule has 3 unspecified atom stereocenters. The highest BCUT2D eigenvalue weighted by Crippen LogP contribution is 2.49. The van der Waals surface area contributed by atoms with Gasteiger partial charge >= 0.3 is 0 Å². The van der Waals surface area contributed by atoms with E-state index in [9.17, 15) is 0 Å². The maximum atomic E-state index is 2.47. The predicted molar refractivity (Wildman–Crippen MR) is 51.2 cm³/mol. The second-order valence-corrected chi connectivity index (χ2v) is 4.67. The molecule has 12 heavy (non-hydrogen) atoms. The van der Waals surface area contributed by atoms with E-state index in [1.165, 1.54) is 11.4 Å². The minimum absolute atomic E-state index is 0.755. The first-order chi connectivity index (χ1) is 5.86. The summed E-state index contributed by atoms with van der Waals surface area (Å²) in [4.78, 5) is 1.46. The molecule has 3 aliphatic rings. The third-order valence-corrected chi connectivity index (χ3v) is 4.23. The molecule has 1 saturated heterocycles. The summed E-state index contributed by atoms with van der Waals surface area (Å²) in [5, 5.41) is 0. The quantitative estimate of drug-likeness (QED) is 0.560. The van der Waals surface area contributed by atoms with Crippen LogP contribution < -0.4 is 0 Å². The van der Waals surface area contributed by atoms with Gasteiger partial charge in [-0.15, -0.1) is 0 Å². The molecule has 3 aliphatic heterocycles. The third kappa shape index (κ3) is 0.744. The van der Waals surface area contributed by atoms with Crippen LogP contribution in [0.4, 0.5) is 0 Å². The summed E-state index contributed by atoms with van der Waals surface area (Å²) < 4.78 is 2.47. The van der Waals surface area contributed by atoms with Gasteiger partial charge in [0.2, 0.25) is 0 Å². The van der Waals surface area contributed by atoms with Crippen molar-refractivity contribution in [3.05, 3.63) is 29.8 Å². The second kappa shape index (κ2) is 2.27. The number of hydrogen-bond acceptors (Lipinski definition) is 2. The minimum Gasteiger partial charge on any atom is -0.242 e. The molecule has 0 saturated carbocycles. The molecule has 0 spiro atoms. The zero-order valence-corrected chi connectivity index (χ0v) is 7.84. The molecular weight excluding hydrogens is 166 g/mol. The molecule has 0 aromatic heterocycles. The molecule has 1 aromatic rings. The zero-order chi connectivity index (χ0) is 8.13. The lowest BCUT2D eigenvalue weighted by Gasteiger charge is -2.50. The molecule has 0 N–H and O–H groups in total. The summed E-state index contributed by atoms with van der Waals surface area (Å²) in [5.74, 6) is 0.808. The average Bonchev–Trinajstić information content (AvgIpc) is 2.16. The highest BCUT2D eigenvalue weighted by molar-refractivity contribution is 7.97. The van der Waals surface area contributed by atoms with Crippen LogP contribution in [-0.2, 0) is 0 Å². The molecule has 0 amide bonds. The van der Waals surface area contributed by atoms with Gasteiger partial charge in [-0.05, 0) is 30.5 Å². The molecule has 1 fully saturated rings. The van der Waals surface area contributed by atoms with Gasteiger partial charge in [-0.1, -0.05) is 18.2 Å². The Bertz CT molecular complexity index is 323. The summed E-state index contributed by atoms with van der Waals surface area (Å²) in [5.41, 5.74) is 1.57. The normalized spacial score (nSPS) is 36.9. The first-order valence-corrected chi connectivity index (χ1v) is 5.17. The van der Waals surface area contributed by atoms with Gasteiger partial charge < -0.3 is 0 Å². The Morgan fingerprint density at radius 3 is 3.08 bits per heavy atom. The van der Waals surface area contributed by atoms with Gasteiger partial charge in [0.1, 0.15) is 0 Å². The molecule has 4 rings (SSSR count). The highest BCUT2D eigenvalue weighted by Gasteiger charge is 2.42. The minimum atomic E-state index is 0.755. The summed E-state index contributed by atoms with van der Waals surface area (Å²) in [6.07, 6.45) is 0. The monoisotopic (exact) mass is 177 g/mol. The van der Waals surface area contributed by atoms with Crippen LogP contribution in [0.15, 0.2) is 29.2 Å². The molecule has 0 aliphatic carbocycles. The summed E-state index contributed by atoms with van der Waals surface area (Å²) in [6, 6.07) is 9.54. The predicted octanol–water partition coefficient (Wildman–Crippen LogP) is 2.50. The van der Waals surface area contributed by atoms with Crippen LogP contribution in [0.1, 0.15) is 18.4 Å². The van der Waals surface area contributed by atoms with E-state index in [1.54, 1.807) is 5.56 Å². The van der Waals surface area contributed by atoms with Crippen LogP contribution in [0, 0.1) is 0 Å². The third-order valence-electron chi connectivity index (χ3n) is 2.95. The summed E-state index contributed by atoms with van der Waals surface area (Å²) in [7, 11) is 0. The molecule has 3 heterocycles. The Labute approximate surface area is 76.9 Å². The molecular formula is C10H11NS. The zero-order valence-electron chi connectivity index (χ0n) is 7.03. The fourth-order valence-corrected chi connectivity index (χ4v) is 3.32. The molecule has 0 radical (unpaired) electrons. The van der Waals surface area contributed by atoms with Crippen LogP contribution in [0.5, 0.6) is 0 Å². The average molecular weight is 177 g/mol. The topological polar surface area (TPSA) is 3.24 Å². The van der Waals surface area contributed by atoms with E-state index >= 15 is 0 Å². The Hall–Kier alpha value is -0.470. The number of benzene rings is 1. The van der Waals surface area contributed by atoms with Crippen molar-refractivity contribution in [2.24, 2.45) is 0 Å². The number of hydrogen-bond donors (Lipinski definition) is 0. The van der Waals surface area contributed by atoms with Crippen LogP contribution >= 0.6 is 11.9 Å². The molecule has 1 aromatic carbocycles. The first-order valence-electron chi connectivity index (χ1n) is 4.40. The van der Waals surface area contributed by atoms with Crippen molar-refractivity contribution < 1.29 is 0 Å². The van der Waals surface area contributed by atoms with Gasteiger partial charge in [0.05, 0.1) is 0 Å². The van der Waals surface area contributed by atoms with E-state index < -0.39 is 0 Å². The lowest BCUT2D eigenvalue weighted by atomic mass is 9.86. The lowest BCUT2D eigenvalue weighted by molar-refractivity contribution is 0.182. The molecule has 62 valence electrons. The van der Waals surface area contributed by atoms with Crippen molar-refractivity contribution in [3.8, 4) is 0 Å². The van der Waals surface area contributed by atoms with Gasteiger partial charge in [-0.2, -0.15) is 0 Å². The molecule has 3 atom stereocenters. The lowest BCUT2D eigenvalue weighted by Crippen LogP contribution is -2.51. The van der Waals surface area contributed by atoms with Crippen molar-refractivity contribution in [3.63, 3.8) is 0 Å². The SMILES string of the molecule is CC1C2CN1Sc1ccccc12. The Kier molecular flexibility index (Phi) is 1.32. The Balaban J connectivity index is 2.12. The van der Waals surface area contributed by atoms with E-state index in [2.05, 4.69) is 35.5 Å². The maximum absolute atomic E-state index is 2.47. The number of rotatable bonds is 0. The fraction of sp³-hybridized carbons (Fsp3) is 0.400. The second-order valence-electron chi connectivity index (χ2n) is 3.58. The molecule has 1 nitrogen and oxygen atoms in total. The van der Waals surface area contributed by atoms with Crippen LogP contribution in [0.3, 0.4) is 0 Å². The van der Waals surface area contributed by atoms with Gasteiger partial charge in [-0.25, -0.2) is 4.31 Å². The van der Waals surface area contributed by atoms with Crippen LogP contribution in [-0.4, -0.2) is 16.9 Å². The van der Waals surface area contributed by atoms with Crippen molar-refractivity contribution in [1.29, 1.82) is 0 Å². The van der Waals surface area contributed by atoms with Crippen LogP contribution in [0.25, 0.3) is 0 Å². The largest absolute Gasteiger partial charge is 0.242 e. The molecule has 2 bridgehead atoms. The van der Waals surface area contributed by atoms with E-state index in [-0.39, 0.29) is 0 Å². The summed E-state index contributed by atoms with van der Waals surface area (Å²) in [6.45, 7) is 3.57. The Morgan fingerprint density at radius 2 is 2.25 bits per heavy atom. The van der Waals surface area contributed by atoms with Crippen LogP contribution in [0.2, 0.25) is 0 Å². The van der Waals surface area contributed by atoms with Crippen molar-refractivity contribution >= 4 is 11.9 Å². The number of nitrogens with zero attached hydrogens (tertiary/aromatic N) is 1. The standard InChI is InChI=1S/C10H11NS/c1-7-9-6-11(7)12-10-5-3-2-4-8(9)10/h2-5,7,9H,6H2,1H3. The van der Waals surface area contributed by atoms with Gasteiger partial charge in [0.15, 0.2) is 0 Å². The van der Waals surface area contributed by atoms with E-state index in [0.717, 1.165) is 12.0 Å². The van der Waals surface area contributed by atoms with Crippen molar-refractivity contribution in [1.82, 2.24) is 4.31 Å². The Morgan fingerprint density at radius 1 is 1.42 bits per heavy atom. The van der Waals surface area contributed by atoms with E-state index in [0.29, 0.717) is 0 Å². The smallest absolute Gasteiger partial charge is 0.0266 e. The van der Waals surface area contributed by atoms with Crippen molar-refractivity contribution in [2.45, 2.75) is 23.8 Å². The fourth-order valence-electron chi connectivity index (χ4n) is 2.05. The molecule has 2 heteroatoms. The van der Waals surface area contributed by atoms with E-state index in [4.69, 9.17) is 0 Å². The highest BCUT2D eigenvalue weighted by atomic mass is 32.2. The maximum Gasteiger partial charge on any atom is 0.0266 e. The van der Waals surface area contributed by atoms with Gasteiger partial charge in [0, 0.05) is 23.4 Å². The first kappa shape index (κ1) is 6.98. The van der Waals surface area contributed by atoms with Gasteiger partial charge in [0.25, 0.3) is 0 Å². The summed E-state index contributed by atoms with van der Waals surface area (Å²) >= 11 is 1.92. The van der Waals surface area contributed by atoms with Gasteiger partial charge in [-0.3, -0.25) is 0 Å². The van der Waals surface area contributed by atoms with E-state index in [1.807, 2.05) is 11.9 Å².